The number of rotatable bonds is 6. The van der Waals surface area contributed by atoms with Gasteiger partial charge < -0.3 is 14.7 Å². The lowest BCUT2D eigenvalue weighted by Gasteiger charge is -2.27. The molecule has 2 aliphatic heterocycles. The zero-order valence-corrected chi connectivity index (χ0v) is 16.9. The van der Waals surface area contributed by atoms with Crippen LogP contribution in [0.3, 0.4) is 0 Å². The third-order valence-electron chi connectivity index (χ3n) is 6.10. The smallest absolute Gasteiger partial charge is 0.236 e. The first-order valence-electron chi connectivity index (χ1n) is 10.3. The van der Waals surface area contributed by atoms with Gasteiger partial charge in [-0.05, 0) is 25.8 Å². The van der Waals surface area contributed by atoms with Crippen LogP contribution in [0.4, 0.5) is 0 Å². The number of nitrogens with one attached hydrogen (secondary N) is 1. The summed E-state index contributed by atoms with van der Waals surface area (Å²) in [6.07, 6.45) is 3.34. The minimum absolute atomic E-state index is 0.00807. The molecule has 2 aliphatic rings. The molecule has 0 radical (unpaired) electrons. The third kappa shape index (κ3) is 4.19. The van der Waals surface area contributed by atoms with Crippen molar-refractivity contribution in [3.05, 3.63) is 42.2 Å². The quantitative estimate of drug-likeness (QED) is 0.807. The predicted octanol–water partition coefficient (Wildman–Crippen LogP) is 1.94. The van der Waals surface area contributed by atoms with Gasteiger partial charge >= 0.3 is 0 Å². The number of amides is 2. The molecule has 7 heteroatoms. The standard InChI is InChI=1S/C22H28N4O3/c1-23-21(28)22(9-12-25(16-22)15-20(27)26-10-5-6-11-26)14-18-13-19(24-29-18)17-7-3-2-4-8-17/h2-4,7-8,13H,5-6,9-12,14-16H2,1H3,(H,23,28). The zero-order valence-electron chi connectivity index (χ0n) is 16.9. The Morgan fingerprint density at radius 2 is 1.93 bits per heavy atom. The summed E-state index contributed by atoms with van der Waals surface area (Å²) in [6, 6.07) is 11.8. The number of nitrogens with zero attached hydrogens (tertiary/aromatic N) is 3. The minimum atomic E-state index is -0.604. The van der Waals surface area contributed by atoms with Crippen molar-refractivity contribution in [2.75, 3.05) is 39.8 Å². The van der Waals surface area contributed by atoms with Crippen LogP contribution in [0.1, 0.15) is 25.0 Å². The van der Waals surface area contributed by atoms with Crippen LogP contribution in [0.5, 0.6) is 0 Å². The first-order valence-corrected chi connectivity index (χ1v) is 10.3. The summed E-state index contributed by atoms with van der Waals surface area (Å²) in [4.78, 5) is 29.4. The van der Waals surface area contributed by atoms with Crippen molar-refractivity contribution in [2.24, 2.45) is 5.41 Å². The molecule has 29 heavy (non-hydrogen) atoms. The topological polar surface area (TPSA) is 78.7 Å². The molecule has 2 amide bonds. The zero-order chi connectivity index (χ0) is 20.3. The molecule has 2 fully saturated rings. The van der Waals surface area contributed by atoms with Crippen LogP contribution in [-0.2, 0) is 16.0 Å². The number of carbonyl (C=O) groups excluding carboxylic acids is 2. The molecule has 154 valence electrons. The van der Waals surface area contributed by atoms with E-state index in [1.165, 1.54) is 0 Å². The van der Waals surface area contributed by atoms with Gasteiger partial charge in [-0.3, -0.25) is 14.5 Å². The van der Waals surface area contributed by atoms with Crippen LogP contribution < -0.4 is 5.32 Å². The lowest BCUT2D eigenvalue weighted by Crippen LogP contribution is -2.44. The van der Waals surface area contributed by atoms with Gasteiger partial charge in [-0.1, -0.05) is 35.5 Å². The highest BCUT2D eigenvalue weighted by molar-refractivity contribution is 5.84. The van der Waals surface area contributed by atoms with E-state index in [1.807, 2.05) is 41.3 Å². The minimum Gasteiger partial charge on any atom is -0.361 e. The van der Waals surface area contributed by atoms with E-state index in [2.05, 4.69) is 15.4 Å². The van der Waals surface area contributed by atoms with E-state index in [9.17, 15) is 9.59 Å². The van der Waals surface area contributed by atoms with E-state index in [-0.39, 0.29) is 11.8 Å². The molecule has 4 rings (SSSR count). The number of carbonyl (C=O) groups is 2. The van der Waals surface area contributed by atoms with Crippen LogP contribution >= 0.6 is 0 Å². The van der Waals surface area contributed by atoms with E-state index < -0.39 is 5.41 Å². The van der Waals surface area contributed by atoms with E-state index in [0.717, 1.165) is 43.7 Å². The molecule has 7 nitrogen and oxygen atoms in total. The first-order chi connectivity index (χ1) is 14.1. The molecular formula is C22H28N4O3. The van der Waals surface area contributed by atoms with Gasteiger partial charge in [0.25, 0.3) is 0 Å². The van der Waals surface area contributed by atoms with Gasteiger partial charge in [0.15, 0.2) is 0 Å². The van der Waals surface area contributed by atoms with E-state index in [1.54, 1.807) is 7.05 Å². The highest BCUT2D eigenvalue weighted by atomic mass is 16.5. The molecule has 0 spiro atoms. The van der Waals surface area contributed by atoms with Crippen LogP contribution in [-0.4, -0.2) is 66.5 Å². The Morgan fingerprint density at radius 3 is 2.66 bits per heavy atom. The normalized spacial score (nSPS) is 22.2. The summed E-state index contributed by atoms with van der Waals surface area (Å²) in [5, 5.41) is 7.00. The van der Waals surface area contributed by atoms with Crippen molar-refractivity contribution in [3.8, 4) is 11.3 Å². The Bertz CT molecular complexity index is 860. The van der Waals surface area contributed by atoms with Crippen molar-refractivity contribution in [1.82, 2.24) is 20.3 Å². The number of likely N-dealkylation sites (tertiary alicyclic amines) is 2. The van der Waals surface area contributed by atoms with Crippen molar-refractivity contribution >= 4 is 11.8 Å². The fourth-order valence-corrected chi connectivity index (χ4v) is 4.50. The average Bonchev–Trinajstić information content (AvgIpc) is 3.50. The van der Waals surface area contributed by atoms with Crippen LogP contribution in [0.25, 0.3) is 11.3 Å². The molecule has 1 aromatic carbocycles. The highest BCUT2D eigenvalue weighted by Gasteiger charge is 2.45. The molecule has 0 bridgehead atoms. The molecular weight excluding hydrogens is 368 g/mol. The van der Waals surface area contributed by atoms with E-state index in [0.29, 0.717) is 31.7 Å². The second-order valence-corrected chi connectivity index (χ2v) is 8.13. The molecule has 2 aromatic rings. The number of hydrogen-bond acceptors (Lipinski definition) is 5. The maximum atomic E-state index is 12.8. The summed E-state index contributed by atoms with van der Waals surface area (Å²) in [5.41, 5.74) is 1.15. The van der Waals surface area contributed by atoms with Crippen molar-refractivity contribution in [2.45, 2.75) is 25.7 Å². The average molecular weight is 396 g/mol. The lowest BCUT2D eigenvalue weighted by atomic mass is 9.81. The van der Waals surface area contributed by atoms with Gasteiger partial charge in [-0.2, -0.15) is 0 Å². The third-order valence-corrected chi connectivity index (χ3v) is 6.10. The second-order valence-electron chi connectivity index (χ2n) is 8.13. The summed E-state index contributed by atoms with van der Waals surface area (Å²) >= 11 is 0. The van der Waals surface area contributed by atoms with E-state index >= 15 is 0 Å². The van der Waals surface area contributed by atoms with Gasteiger partial charge in [0.2, 0.25) is 11.8 Å². The fourth-order valence-electron chi connectivity index (χ4n) is 4.50. The Labute approximate surface area is 171 Å². The van der Waals surface area contributed by atoms with Crippen LogP contribution in [0.15, 0.2) is 40.9 Å². The van der Waals surface area contributed by atoms with Gasteiger partial charge in [0.1, 0.15) is 11.5 Å². The van der Waals surface area contributed by atoms with E-state index in [4.69, 9.17) is 4.52 Å². The SMILES string of the molecule is CNC(=O)C1(Cc2cc(-c3ccccc3)no2)CCN(CC(=O)N2CCCC2)C1. The second kappa shape index (κ2) is 8.37. The summed E-state index contributed by atoms with van der Waals surface area (Å²) in [7, 11) is 1.66. The number of hydrogen-bond donors (Lipinski definition) is 1. The van der Waals surface area contributed by atoms with Gasteiger partial charge in [0, 0.05) is 44.7 Å². The Kier molecular flexibility index (Phi) is 5.67. The van der Waals surface area contributed by atoms with Crippen molar-refractivity contribution in [3.63, 3.8) is 0 Å². The van der Waals surface area contributed by atoms with Gasteiger partial charge in [-0.15, -0.1) is 0 Å². The molecule has 0 aliphatic carbocycles. The van der Waals surface area contributed by atoms with Gasteiger partial charge in [-0.25, -0.2) is 0 Å². The maximum Gasteiger partial charge on any atom is 0.236 e. The Hall–Kier alpha value is -2.67. The Balaban J connectivity index is 1.46. The van der Waals surface area contributed by atoms with Crippen LogP contribution in [0.2, 0.25) is 0 Å². The maximum absolute atomic E-state index is 12.8. The fraction of sp³-hybridized carbons (Fsp3) is 0.500. The number of aromatic nitrogens is 1. The molecule has 1 N–H and O–H groups in total. The summed E-state index contributed by atoms with van der Waals surface area (Å²) < 4.78 is 5.57. The van der Waals surface area contributed by atoms with Gasteiger partial charge in [0.05, 0.1) is 12.0 Å². The summed E-state index contributed by atoms with van der Waals surface area (Å²) in [6.45, 7) is 3.37. The molecule has 1 aromatic heterocycles. The predicted molar refractivity (Wildman–Crippen MR) is 109 cm³/mol. The monoisotopic (exact) mass is 396 g/mol. The van der Waals surface area contributed by atoms with Crippen molar-refractivity contribution in [1.29, 1.82) is 0 Å². The first kappa shape index (κ1) is 19.6. The number of benzene rings is 1. The summed E-state index contributed by atoms with van der Waals surface area (Å²) in [5.74, 6) is 0.854. The molecule has 1 atom stereocenters. The van der Waals surface area contributed by atoms with Crippen molar-refractivity contribution < 1.29 is 14.1 Å². The molecule has 2 saturated heterocycles. The van der Waals surface area contributed by atoms with Crippen LogP contribution in [0, 0.1) is 5.41 Å². The largest absolute Gasteiger partial charge is 0.361 e. The lowest BCUT2D eigenvalue weighted by molar-refractivity contribution is -0.133. The molecule has 0 saturated carbocycles. The molecule has 1 unspecified atom stereocenters. The molecule has 3 heterocycles. The Morgan fingerprint density at radius 1 is 1.17 bits per heavy atom. The highest BCUT2D eigenvalue weighted by Crippen LogP contribution is 2.35.